The SMILES string of the molecule is Cc1cc(N2CCOCC2)nc(NCCNC(=O)c2ccccc2C)n1. The molecule has 2 N–H and O–H groups in total. The molecule has 3 rings (SSSR count). The molecular weight excluding hydrogens is 330 g/mol. The van der Waals surface area contributed by atoms with Gasteiger partial charge in [0.15, 0.2) is 0 Å². The fourth-order valence-electron chi connectivity index (χ4n) is 2.86. The number of hydrogen-bond acceptors (Lipinski definition) is 6. The number of carbonyl (C=O) groups is 1. The van der Waals surface area contributed by atoms with Gasteiger partial charge in [-0.15, -0.1) is 0 Å². The molecule has 1 aromatic carbocycles. The highest BCUT2D eigenvalue weighted by Gasteiger charge is 2.14. The van der Waals surface area contributed by atoms with Crippen LogP contribution in [-0.4, -0.2) is 55.3 Å². The number of amides is 1. The van der Waals surface area contributed by atoms with Crippen molar-refractivity contribution in [3.8, 4) is 0 Å². The average Bonchev–Trinajstić information content (AvgIpc) is 2.66. The van der Waals surface area contributed by atoms with E-state index in [1.807, 2.05) is 44.2 Å². The molecule has 0 aliphatic carbocycles. The second-order valence-corrected chi connectivity index (χ2v) is 6.29. The predicted octanol–water partition coefficient (Wildman–Crippen LogP) is 1.77. The van der Waals surface area contributed by atoms with E-state index in [-0.39, 0.29) is 5.91 Å². The first-order valence-electron chi connectivity index (χ1n) is 8.89. The third-order valence-electron chi connectivity index (χ3n) is 4.26. The van der Waals surface area contributed by atoms with Crippen molar-refractivity contribution in [1.29, 1.82) is 0 Å². The maximum absolute atomic E-state index is 12.2. The summed E-state index contributed by atoms with van der Waals surface area (Å²) >= 11 is 0. The van der Waals surface area contributed by atoms with Crippen LogP contribution in [0, 0.1) is 13.8 Å². The highest BCUT2D eigenvalue weighted by atomic mass is 16.5. The summed E-state index contributed by atoms with van der Waals surface area (Å²) in [5.41, 5.74) is 2.58. The Morgan fingerprint density at radius 2 is 1.92 bits per heavy atom. The number of carbonyl (C=O) groups excluding carboxylic acids is 1. The molecule has 0 bridgehead atoms. The summed E-state index contributed by atoms with van der Waals surface area (Å²) in [6.07, 6.45) is 0. The van der Waals surface area contributed by atoms with Crippen molar-refractivity contribution in [1.82, 2.24) is 15.3 Å². The van der Waals surface area contributed by atoms with E-state index in [4.69, 9.17) is 4.74 Å². The van der Waals surface area contributed by atoms with Crippen LogP contribution in [0.3, 0.4) is 0 Å². The van der Waals surface area contributed by atoms with Gasteiger partial charge in [-0.1, -0.05) is 18.2 Å². The van der Waals surface area contributed by atoms with Gasteiger partial charge in [0.25, 0.3) is 5.91 Å². The monoisotopic (exact) mass is 355 g/mol. The van der Waals surface area contributed by atoms with Crippen molar-refractivity contribution in [2.75, 3.05) is 49.6 Å². The van der Waals surface area contributed by atoms with E-state index < -0.39 is 0 Å². The van der Waals surface area contributed by atoms with Crippen molar-refractivity contribution in [2.24, 2.45) is 0 Å². The van der Waals surface area contributed by atoms with Gasteiger partial charge in [0.1, 0.15) is 5.82 Å². The van der Waals surface area contributed by atoms with Crippen LogP contribution in [0.5, 0.6) is 0 Å². The summed E-state index contributed by atoms with van der Waals surface area (Å²) in [6.45, 7) is 8.05. The van der Waals surface area contributed by atoms with E-state index in [0.29, 0.717) is 24.6 Å². The van der Waals surface area contributed by atoms with Crippen LogP contribution in [0.4, 0.5) is 11.8 Å². The molecule has 0 atom stereocenters. The molecule has 2 heterocycles. The zero-order valence-electron chi connectivity index (χ0n) is 15.3. The van der Waals surface area contributed by atoms with Gasteiger partial charge in [0, 0.05) is 43.5 Å². The third-order valence-corrected chi connectivity index (χ3v) is 4.26. The molecule has 0 unspecified atom stereocenters. The minimum absolute atomic E-state index is 0.0657. The molecule has 0 saturated carbocycles. The van der Waals surface area contributed by atoms with Crippen LogP contribution in [-0.2, 0) is 4.74 Å². The zero-order valence-corrected chi connectivity index (χ0v) is 15.3. The third kappa shape index (κ3) is 4.70. The van der Waals surface area contributed by atoms with Gasteiger partial charge in [-0.2, -0.15) is 4.98 Å². The van der Waals surface area contributed by atoms with Crippen molar-refractivity contribution in [2.45, 2.75) is 13.8 Å². The fourth-order valence-corrected chi connectivity index (χ4v) is 2.86. The molecule has 26 heavy (non-hydrogen) atoms. The number of morpholine rings is 1. The molecule has 0 spiro atoms. The second kappa shape index (κ2) is 8.62. The lowest BCUT2D eigenvalue weighted by molar-refractivity contribution is 0.0954. The number of anilines is 2. The van der Waals surface area contributed by atoms with Gasteiger partial charge >= 0.3 is 0 Å². The average molecular weight is 355 g/mol. The number of aryl methyl sites for hydroxylation is 2. The maximum atomic E-state index is 12.2. The Labute approximate surface area is 153 Å². The van der Waals surface area contributed by atoms with Crippen LogP contribution < -0.4 is 15.5 Å². The van der Waals surface area contributed by atoms with Crippen molar-refractivity contribution >= 4 is 17.7 Å². The van der Waals surface area contributed by atoms with Gasteiger partial charge < -0.3 is 20.3 Å². The normalized spacial score (nSPS) is 14.2. The molecule has 1 aliphatic rings. The van der Waals surface area contributed by atoms with E-state index in [0.717, 1.165) is 43.4 Å². The first-order chi connectivity index (χ1) is 12.6. The Morgan fingerprint density at radius 1 is 1.15 bits per heavy atom. The summed E-state index contributed by atoms with van der Waals surface area (Å²) < 4.78 is 5.39. The van der Waals surface area contributed by atoms with E-state index in [9.17, 15) is 4.79 Å². The zero-order chi connectivity index (χ0) is 18.4. The number of hydrogen-bond donors (Lipinski definition) is 2. The molecule has 7 nitrogen and oxygen atoms in total. The number of rotatable bonds is 6. The highest BCUT2D eigenvalue weighted by molar-refractivity contribution is 5.95. The van der Waals surface area contributed by atoms with Crippen LogP contribution in [0.1, 0.15) is 21.6 Å². The van der Waals surface area contributed by atoms with Crippen molar-refractivity contribution in [3.05, 3.63) is 47.2 Å². The van der Waals surface area contributed by atoms with E-state index in [1.54, 1.807) is 0 Å². The smallest absolute Gasteiger partial charge is 0.251 e. The number of nitrogens with zero attached hydrogens (tertiary/aromatic N) is 3. The van der Waals surface area contributed by atoms with Crippen molar-refractivity contribution < 1.29 is 9.53 Å². The number of benzene rings is 1. The molecule has 1 saturated heterocycles. The summed E-state index contributed by atoms with van der Waals surface area (Å²) in [5, 5.41) is 6.11. The minimum Gasteiger partial charge on any atom is -0.378 e. The lowest BCUT2D eigenvalue weighted by Gasteiger charge is -2.28. The van der Waals surface area contributed by atoms with Gasteiger partial charge in [-0.05, 0) is 25.5 Å². The van der Waals surface area contributed by atoms with E-state index in [1.165, 1.54) is 0 Å². The summed E-state index contributed by atoms with van der Waals surface area (Å²) in [6, 6.07) is 9.54. The fraction of sp³-hybridized carbons (Fsp3) is 0.421. The molecule has 1 amide bonds. The van der Waals surface area contributed by atoms with Gasteiger partial charge in [0.05, 0.1) is 13.2 Å². The molecule has 1 fully saturated rings. The van der Waals surface area contributed by atoms with E-state index >= 15 is 0 Å². The number of nitrogens with one attached hydrogen (secondary N) is 2. The first-order valence-corrected chi connectivity index (χ1v) is 8.89. The summed E-state index contributed by atoms with van der Waals surface area (Å²) in [7, 11) is 0. The van der Waals surface area contributed by atoms with Crippen LogP contribution >= 0.6 is 0 Å². The van der Waals surface area contributed by atoms with E-state index in [2.05, 4.69) is 25.5 Å². The lowest BCUT2D eigenvalue weighted by atomic mass is 10.1. The van der Waals surface area contributed by atoms with Crippen LogP contribution in [0.15, 0.2) is 30.3 Å². The number of ether oxygens (including phenoxy) is 1. The Morgan fingerprint density at radius 3 is 2.69 bits per heavy atom. The van der Waals surface area contributed by atoms with Crippen LogP contribution in [0.25, 0.3) is 0 Å². The summed E-state index contributed by atoms with van der Waals surface area (Å²) in [4.78, 5) is 23.4. The predicted molar refractivity (Wildman–Crippen MR) is 102 cm³/mol. The molecule has 7 heteroatoms. The Bertz CT molecular complexity index is 759. The molecule has 138 valence electrons. The standard InChI is InChI=1S/C19H25N5O2/c1-14-5-3-4-6-16(14)18(25)20-7-8-21-19-22-15(2)13-17(23-19)24-9-11-26-12-10-24/h3-6,13H,7-12H2,1-2H3,(H,20,25)(H,21,22,23). The molecule has 0 radical (unpaired) electrons. The lowest BCUT2D eigenvalue weighted by Crippen LogP contribution is -2.37. The Balaban J connectivity index is 1.52. The second-order valence-electron chi connectivity index (χ2n) is 6.29. The topological polar surface area (TPSA) is 79.4 Å². The van der Waals surface area contributed by atoms with Crippen LogP contribution in [0.2, 0.25) is 0 Å². The number of aromatic nitrogens is 2. The highest BCUT2D eigenvalue weighted by Crippen LogP contribution is 2.16. The quantitative estimate of drug-likeness (QED) is 0.769. The summed E-state index contributed by atoms with van der Waals surface area (Å²) in [5.74, 6) is 1.42. The Kier molecular flexibility index (Phi) is 6.01. The molecular formula is C19H25N5O2. The van der Waals surface area contributed by atoms with Gasteiger partial charge in [-0.3, -0.25) is 4.79 Å². The van der Waals surface area contributed by atoms with Crippen molar-refractivity contribution in [3.63, 3.8) is 0 Å². The minimum atomic E-state index is -0.0657. The molecule has 2 aromatic rings. The maximum Gasteiger partial charge on any atom is 0.251 e. The first kappa shape index (κ1) is 18.1. The van der Waals surface area contributed by atoms with Gasteiger partial charge in [0.2, 0.25) is 5.95 Å². The largest absolute Gasteiger partial charge is 0.378 e. The molecule has 1 aliphatic heterocycles. The molecule has 1 aromatic heterocycles. The Hall–Kier alpha value is -2.67. The van der Waals surface area contributed by atoms with Gasteiger partial charge in [-0.25, -0.2) is 4.98 Å².